The van der Waals surface area contributed by atoms with Crippen LogP contribution in [0, 0.1) is 29.9 Å². The lowest BCUT2D eigenvalue weighted by Crippen LogP contribution is -2.22. The number of carbonyl (C=O) groups is 1. The summed E-state index contributed by atoms with van der Waals surface area (Å²) in [7, 11) is 0. The van der Waals surface area contributed by atoms with Crippen LogP contribution in [0.4, 0.5) is 14.6 Å². The van der Waals surface area contributed by atoms with Gasteiger partial charge in [0, 0.05) is 30.1 Å². The van der Waals surface area contributed by atoms with Gasteiger partial charge >= 0.3 is 0 Å². The summed E-state index contributed by atoms with van der Waals surface area (Å²) in [5.74, 6) is 0.350. The zero-order valence-electron chi connectivity index (χ0n) is 27.3. The summed E-state index contributed by atoms with van der Waals surface area (Å²) in [5.41, 5.74) is 5.37. The number of nitrogens with one attached hydrogen (secondary N) is 1. The van der Waals surface area contributed by atoms with Crippen molar-refractivity contribution in [3.63, 3.8) is 0 Å². The number of rotatable bonds is 7. The maximum absolute atomic E-state index is 15.2. The number of thiophene rings is 1. The van der Waals surface area contributed by atoms with Crippen molar-refractivity contribution in [2.75, 3.05) is 11.9 Å². The fourth-order valence-corrected chi connectivity index (χ4v) is 9.22. The zero-order valence-corrected chi connectivity index (χ0v) is 28.8. The van der Waals surface area contributed by atoms with E-state index in [0.717, 1.165) is 44.8 Å². The second kappa shape index (κ2) is 12.2. The number of benzene rings is 2. The molecule has 1 N–H and O–H groups in total. The van der Waals surface area contributed by atoms with Gasteiger partial charge in [-0.15, -0.1) is 21.5 Å². The Morgan fingerprint density at radius 3 is 2.73 bits per heavy atom. The number of anilines is 1. The first kappa shape index (κ1) is 31.7. The number of fused-ring (bicyclic) bond motifs is 5. The highest BCUT2D eigenvalue weighted by atomic mass is 35.5. The van der Waals surface area contributed by atoms with Gasteiger partial charge in [-0.05, 0) is 90.9 Å². The molecular weight excluding hydrogens is 692 g/mol. The quantitative estimate of drug-likeness (QED) is 0.174. The van der Waals surface area contributed by atoms with Crippen LogP contribution in [0.1, 0.15) is 81.2 Å². The maximum atomic E-state index is 15.2. The van der Waals surface area contributed by atoms with Crippen LogP contribution in [0.3, 0.4) is 0 Å². The lowest BCUT2D eigenvalue weighted by molar-refractivity contribution is 0.0776. The molecule has 0 spiro atoms. The Hall–Kier alpha value is -5.25. The van der Waals surface area contributed by atoms with Crippen LogP contribution in [0.2, 0.25) is 5.02 Å². The molecule has 0 radical (unpaired) electrons. The molecule has 2 atom stereocenters. The third-order valence-corrected chi connectivity index (χ3v) is 11.6. The van der Waals surface area contributed by atoms with Crippen molar-refractivity contribution in [2.45, 2.75) is 57.5 Å². The first-order valence-corrected chi connectivity index (χ1v) is 18.0. The normalized spacial score (nSPS) is 17.5. The molecule has 0 unspecified atom stereocenters. The van der Waals surface area contributed by atoms with E-state index in [1.54, 1.807) is 31.3 Å². The number of halogens is 3. The van der Waals surface area contributed by atoms with Crippen LogP contribution in [-0.4, -0.2) is 37.5 Å². The van der Waals surface area contributed by atoms with E-state index in [9.17, 15) is 14.4 Å². The van der Waals surface area contributed by atoms with Crippen molar-refractivity contribution < 1.29 is 18.0 Å². The summed E-state index contributed by atoms with van der Waals surface area (Å²) in [6.07, 6.45) is 5.61. The highest BCUT2D eigenvalue weighted by Gasteiger charge is 2.45. The lowest BCUT2D eigenvalue weighted by atomic mass is 9.93. The number of aromatic nitrogens is 4. The van der Waals surface area contributed by atoms with Crippen LogP contribution in [0.5, 0.6) is 0 Å². The molecule has 254 valence electrons. The van der Waals surface area contributed by atoms with Crippen LogP contribution in [-0.2, 0) is 19.3 Å². The highest BCUT2D eigenvalue weighted by Crippen LogP contribution is 2.51. The summed E-state index contributed by atoms with van der Waals surface area (Å²) in [6.45, 7) is 2.38. The largest absolute Gasteiger partial charge is 0.421 e. The summed E-state index contributed by atoms with van der Waals surface area (Å²) in [6, 6.07) is 13.6. The minimum atomic E-state index is -0.565. The number of amides is 1. The van der Waals surface area contributed by atoms with Gasteiger partial charge in [-0.25, -0.2) is 13.8 Å². The van der Waals surface area contributed by atoms with Crippen molar-refractivity contribution in [1.82, 2.24) is 25.1 Å². The number of nitriles is 1. The molecule has 2 aromatic carbocycles. The summed E-state index contributed by atoms with van der Waals surface area (Å²) >= 11 is 7.80. The first-order chi connectivity index (χ1) is 24.8. The summed E-state index contributed by atoms with van der Waals surface area (Å²) in [4.78, 5) is 26.8. The van der Waals surface area contributed by atoms with Gasteiger partial charge < -0.3 is 14.6 Å². The van der Waals surface area contributed by atoms with Gasteiger partial charge in [0.1, 0.15) is 29.1 Å². The first-order valence-electron chi connectivity index (χ1n) is 16.8. The highest BCUT2D eigenvalue weighted by molar-refractivity contribution is 7.23. The topological polar surface area (TPSA) is 121 Å². The van der Waals surface area contributed by atoms with Crippen LogP contribution >= 0.6 is 22.9 Å². The summed E-state index contributed by atoms with van der Waals surface area (Å²) < 4.78 is 35.8. The maximum Gasteiger partial charge on any atom is 0.257 e. The molecule has 1 fully saturated rings. The number of nitrogens with zero attached hydrogens (tertiary/aromatic N) is 6. The Morgan fingerprint density at radius 1 is 1.10 bits per heavy atom. The van der Waals surface area contributed by atoms with E-state index < -0.39 is 5.82 Å². The molecule has 2 aliphatic heterocycles. The average molecular weight is 720 g/mol. The fourth-order valence-electron chi connectivity index (χ4n) is 7.81. The number of pyridine rings is 2. The second-order valence-corrected chi connectivity index (χ2v) is 14.6. The minimum absolute atomic E-state index is 0.0651. The Kier molecular flexibility index (Phi) is 7.59. The average Bonchev–Trinajstić information content (AvgIpc) is 3.96. The van der Waals surface area contributed by atoms with Crippen molar-refractivity contribution >= 4 is 44.7 Å². The van der Waals surface area contributed by atoms with E-state index in [0.29, 0.717) is 71.8 Å². The van der Waals surface area contributed by atoms with E-state index in [1.165, 1.54) is 23.5 Å². The lowest BCUT2D eigenvalue weighted by Gasteiger charge is -2.16. The van der Waals surface area contributed by atoms with Crippen molar-refractivity contribution in [1.29, 1.82) is 5.26 Å². The van der Waals surface area contributed by atoms with Gasteiger partial charge in [-0.1, -0.05) is 23.7 Å². The van der Waals surface area contributed by atoms with E-state index in [4.69, 9.17) is 26.0 Å². The van der Waals surface area contributed by atoms with Gasteiger partial charge in [0.25, 0.3) is 5.91 Å². The molecular formula is C38H28ClF2N7O2S. The van der Waals surface area contributed by atoms with Crippen LogP contribution < -0.4 is 5.32 Å². The van der Waals surface area contributed by atoms with Crippen molar-refractivity contribution in [3.05, 3.63) is 110 Å². The Bertz CT molecular complexity index is 2460. The van der Waals surface area contributed by atoms with E-state index >= 15 is 4.39 Å². The molecule has 1 saturated heterocycles. The zero-order chi connectivity index (χ0) is 35.0. The molecule has 4 aromatic heterocycles. The smallest absolute Gasteiger partial charge is 0.257 e. The number of aryl methyl sites for hydroxylation is 3. The van der Waals surface area contributed by atoms with Crippen LogP contribution in [0.25, 0.3) is 32.0 Å². The van der Waals surface area contributed by atoms with Gasteiger partial charge in [-0.3, -0.25) is 9.78 Å². The molecule has 9 nitrogen and oxygen atoms in total. The Balaban J connectivity index is 1.19. The van der Waals surface area contributed by atoms with Gasteiger partial charge in [-0.2, -0.15) is 5.26 Å². The number of carbonyl (C=O) groups excluding carboxylic acids is 1. The molecule has 13 heteroatoms. The van der Waals surface area contributed by atoms with Gasteiger partial charge in [0.05, 0.1) is 44.3 Å². The second-order valence-electron chi connectivity index (χ2n) is 13.1. The molecule has 1 amide bonds. The third kappa shape index (κ3) is 5.17. The van der Waals surface area contributed by atoms with Crippen LogP contribution in [0.15, 0.2) is 53.1 Å². The molecule has 9 rings (SSSR count). The Morgan fingerprint density at radius 2 is 1.94 bits per heavy atom. The molecule has 0 bridgehead atoms. The molecule has 6 heterocycles. The monoisotopic (exact) mass is 719 g/mol. The molecule has 51 heavy (non-hydrogen) atoms. The number of hydrogen-bond donors (Lipinski definition) is 1. The van der Waals surface area contributed by atoms with Crippen molar-refractivity contribution in [3.8, 4) is 28.0 Å². The number of hydrogen-bond acceptors (Lipinski definition) is 9. The van der Waals surface area contributed by atoms with E-state index in [-0.39, 0.29) is 40.3 Å². The third-order valence-electron chi connectivity index (χ3n) is 10.2. The van der Waals surface area contributed by atoms with E-state index in [1.807, 2.05) is 23.1 Å². The molecule has 6 aromatic rings. The van der Waals surface area contributed by atoms with Crippen molar-refractivity contribution in [2.24, 2.45) is 0 Å². The van der Waals surface area contributed by atoms with Gasteiger partial charge in [0.15, 0.2) is 0 Å². The minimum Gasteiger partial charge on any atom is -0.421 e. The van der Waals surface area contributed by atoms with E-state index in [2.05, 4.69) is 15.5 Å². The molecule has 3 aliphatic rings. The predicted octanol–water partition coefficient (Wildman–Crippen LogP) is 8.70. The molecule has 0 saturated carbocycles. The summed E-state index contributed by atoms with van der Waals surface area (Å²) in [5, 5.41) is 22.5. The fraction of sp³-hybridized carbons (Fsp3) is 0.263. The molecule has 1 aliphatic carbocycles. The van der Waals surface area contributed by atoms with Gasteiger partial charge in [0.2, 0.25) is 11.8 Å². The SMILES string of the molecule is Cc1nnc(-c2c(CCc3ccc(F)cc3)nc3c(c2-c2cc4ccnc(N[C@H]5CCc6c5cc(Cl)c(C#N)c6F)c4s2)C(=O)N2CCC[C@@H]32)o1. The Labute approximate surface area is 299 Å². The predicted molar refractivity (Wildman–Crippen MR) is 189 cm³/mol. The standard InChI is InChI=1S/C38H28ClF2N7O2S/c1-18-46-47-37(50-18)30-27(10-6-19-4-7-21(40)8-5-19)44-34-28-3-2-14-48(28)38(49)32(34)31(30)29-15-20-12-13-43-36(35(20)51-29)45-26-11-9-22-23(26)16-25(39)24(17-42)33(22)41/h4-5,7-8,12-13,15-16,26,28H,2-3,6,9-11,14H2,1H3,(H,43,45)/t26-,28-/m0/s1.